The number of β-amino-alcohol motifs (C(OH)–C–C–N with tert-alkyl or cyclic N) is 2. The van der Waals surface area contributed by atoms with Crippen LogP contribution in [0.25, 0.3) is 0 Å². The van der Waals surface area contributed by atoms with Gasteiger partial charge in [0.25, 0.3) is 0 Å². The summed E-state index contributed by atoms with van der Waals surface area (Å²) in [4.78, 5) is 4.37. The number of anilines is 1. The first-order valence-electron chi connectivity index (χ1n) is 11.3. The normalized spacial score (nSPS) is 24.2. The molecular formula is C25H33FN2O4. The maximum Gasteiger partial charge on any atom is 0.134 e. The topological polar surface area (TPSA) is 65.4 Å². The maximum absolute atomic E-state index is 13.4. The summed E-state index contributed by atoms with van der Waals surface area (Å²) in [5.74, 6) is -0.0104. The molecule has 0 spiro atoms. The van der Waals surface area contributed by atoms with Crippen molar-refractivity contribution in [2.75, 3.05) is 57.4 Å². The Balaban J connectivity index is 1.33. The van der Waals surface area contributed by atoms with Gasteiger partial charge < -0.3 is 24.6 Å². The molecular weight excluding hydrogens is 411 g/mol. The highest BCUT2D eigenvalue weighted by Gasteiger charge is 2.39. The first-order chi connectivity index (χ1) is 15.3. The summed E-state index contributed by atoms with van der Waals surface area (Å²) in [5.41, 5.74) is 0.377. The number of ether oxygens (including phenoxy) is 2. The van der Waals surface area contributed by atoms with Gasteiger partial charge in [0.1, 0.15) is 23.8 Å². The fourth-order valence-electron chi connectivity index (χ4n) is 4.50. The summed E-state index contributed by atoms with van der Waals surface area (Å²) in [6.45, 7) is 5.69. The molecule has 2 saturated heterocycles. The largest absolute Gasteiger partial charge is 0.490 e. The summed E-state index contributed by atoms with van der Waals surface area (Å²) in [6.07, 6.45) is 1.33. The number of nitrogens with zero attached hydrogens (tertiary/aromatic N) is 2. The molecule has 2 heterocycles. The molecule has 2 fully saturated rings. The highest BCUT2D eigenvalue weighted by molar-refractivity contribution is 5.48. The van der Waals surface area contributed by atoms with E-state index in [0.29, 0.717) is 44.8 Å². The molecule has 0 amide bonds. The zero-order valence-corrected chi connectivity index (χ0v) is 18.7. The van der Waals surface area contributed by atoms with Crippen LogP contribution in [-0.4, -0.2) is 78.9 Å². The van der Waals surface area contributed by atoms with Crippen molar-refractivity contribution in [3.05, 3.63) is 59.9 Å². The van der Waals surface area contributed by atoms with Gasteiger partial charge in [-0.1, -0.05) is 23.8 Å². The third-order valence-electron chi connectivity index (χ3n) is 6.36. The van der Waals surface area contributed by atoms with Gasteiger partial charge in [-0.15, -0.1) is 0 Å². The van der Waals surface area contributed by atoms with Crippen LogP contribution in [0.15, 0.2) is 48.5 Å². The summed E-state index contributed by atoms with van der Waals surface area (Å²) in [5, 5.41) is 22.4. The van der Waals surface area contributed by atoms with Crippen molar-refractivity contribution < 1.29 is 24.1 Å². The molecule has 2 aromatic carbocycles. The van der Waals surface area contributed by atoms with Gasteiger partial charge in [-0.25, -0.2) is 4.39 Å². The van der Waals surface area contributed by atoms with Gasteiger partial charge >= 0.3 is 0 Å². The molecule has 1 unspecified atom stereocenters. The van der Waals surface area contributed by atoms with Crippen LogP contribution in [0, 0.1) is 12.7 Å². The first-order valence-corrected chi connectivity index (χ1v) is 11.3. The van der Waals surface area contributed by atoms with Crippen LogP contribution in [0.5, 0.6) is 5.75 Å². The highest BCUT2D eigenvalue weighted by Crippen LogP contribution is 2.28. The van der Waals surface area contributed by atoms with Crippen LogP contribution in [-0.2, 0) is 4.74 Å². The minimum Gasteiger partial charge on any atom is -0.490 e. The molecule has 6 nitrogen and oxygen atoms in total. The molecule has 2 aromatic rings. The molecule has 32 heavy (non-hydrogen) atoms. The third-order valence-corrected chi connectivity index (χ3v) is 6.36. The fraction of sp³-hybridized carbons (Fsp3) is 0.520. The number of rotatable bonds is 6. The van der Waals surface area contributed by atoms with E-state index >= 15 is 0 Å². The van der Waals surface area contributed by atoms with Gasteiger partial charge in [-0.3, -0.25) is 4.90 Å². The van der Waals surface area contributed by atoms with E-state index in [2.05, 4.69) is 41.0 Å². The molecule has 0 aromatic heterocycles. The first kappa shape index (κ1) is 23.0. The summed E-state index contributed by atoms with van der Waals surface area (Å²) < 4.78 is 24.7. The zero-order chi connectivity index (χ0) is 22.6. The number of piperidine rings is 1. The van der Waals surface area contributed by atoms with Crippen molar-refractivity contribution >= 4 is 5.69 Å². The summed E-state index contributed by atoms with van der Waals surface area (Å²) in [7, 11) is 0. The highest BCUT2D eigenvalue weighted by atomic mass is 19.1. The van der Waals surface area contributed by atoms with Crippen molar-refractivity contribution in [1.82, 2.24) is 4.90 Å². The molecule has 2 aliphatic rings. The molecule has 7 heteroatoms. The monoisotopic (exact) mass is 444 g/mol. The fourth-order valence-corrected chi connectivity index (χ4v) is 4.50. The smallest absolute Gasteiger partial charge is 0.134 e. The molecule has 0 radical (unpaired) electrons. The lowest BCUT2D eigenvalue weighted by Gasteiger charge is -2.42. The number of benzene rings is 2. The Hall–Kier alpha value is -2.19. The molecule has 2 aliphatic heterocycles. The lowest BCUT2D eigenvalue weighted by Crippen LogP contribution is -2.55. The quantitative estimate of drug-likeness (QED) is 0.714. The molecule has 2 N–H and O–H groups in total. The van der Waals surface area contributed by atoms with Crippen molar-refractivity contribution in [3.8, 4) is 5.75 Å². The van der Waals surface area contributed by atoms with E-state index in [1.165, 1.54) is 23.4 Å². The van der Waals surface area contributed by atoms with Crippen LogP contribution in [0.2, 0.25) is 0 Å². The van der Waals surface area contributed by atoms with Crippen molar-refractivity contribution in [1.29, 1.82) is 0 Å². The van der Waals surface area contributed by atoms with E-state index in [9.17, 15) is 14.6 Å². The number of halogens is 1. The Morgan fingerprint density at radius 2 is 1.78 bits per heavy atom. The minimum absolute atomic E-state index is 0.00736. The Labute approximate surface area is 189 Å². The van der Waals surface area contributed by atoms with Crippen molar-refractivity contribution in [3.63, 3.8) is 0 Å². The van der Waals surface area contributed by atoms with E-state index in [1.807, 2.05) is 0 Å². The summed E-state index contributed by atoms with van der Waals surface area (Å²) in [6, 6.07) is 14.4. The zero-order valence-electron chi connectivity index (χ0n) is 18.7. The standard InChI is InChI=1S/C25H33FN2O4/c1-20-5-7-22(8-6-20)28-11-9-24(29,10-12-28)16-27-13-14-31-18-25(30,17-27)19-32-23-4-2-3-21(26)15-23/h2-8,15,29-30H,9-14,16-19H2,1H3. The van der Waals surface area contributed by atoms with Gasteiger partial charge in [-0.05, 0) is 44.0 Å². The Bertz CT molecular complexity index is 886. The van der Waals surface area contributed by atoms with Crippen molar-refractivity contribution in [2.45, 2.75) is 31.0 Å². The molecule has 1 atom stereocenters. The lowest BCUT2D eigenvalue weighted by molar-refractivity contribution is -0.0742. The molecule has 4 rings (SSSR count). The second kappa shape index (κ2) is 9.75. The lowest BCUT2D eigenvalue weighted by atomic mass is 9.90. The van der Waals surface area contributed by atoms with Crippen LogP contribution in [0.3, 0.4) is 0 Å². The Morgan fingerprint density at radius 3 is 2.50 bits per heavy atom. The average molecular weight is 445 g/mol. The molecule has 0 aliphatic carbocycles. The Morgan fingerprint density at radius 1 is 1.03 bits per heavy atom. The molecule has 174 valence electrons. The summed E-state index contributed by atoms with van der Waals surface area (Å²) >= 11 is 0. The molecule has 0 bridgehead atoms. The van der Waals surface area contributed by atoms with Crippen LogP contribution >= 0.6 is 0 Å². The van der Waals surface area contributed by atoms with Crippen LogP contribution in [0.4, 0.5) is 10.1 Å². The predicted molar refractivity (Wildman–Crippen MR) is 122 cm³/mol. The van der Waals surface area contributed by atoms with Gasteiger partial charge in [-0.2, -0.15) is 0 Å². The second-order valence-electron chi connectivity index (χ2n) is 9.28. The Kier molecular flexibility index (Phi) is 7.00. The SMILES string of the molecule is Cc1ccc(N2CCC(O)(CN3CCOCC(O)(COc4cccc(F)c4)C3)CC2)cc1. The van der Waals surface area contributed by atoms with Gasteiger partial charge in [0.2, 0.25) is 0 Å². The maximum atomic E-state index is 13.4. The van der Waals surface area contributed by atoms with E-state index in [4.69, 9.17) is 9.47 Å². The van der Waals surface area contributed by atoms with E-state index in [1.54, 1.807) is 12.1 Å². The van der Waals surface area contributed by atoms with E-state index in [-0.39, 0.29) is 19.0 Å². The van der Waals surface area contributed by atoms with Crippen molar-refractivity contribution in [2.24, 2.45) is 0 Å². The average Bonchev–Trinajstić information content (AvgIpc) is 2.95. The van der Waals surface area contributed by atoms with E-state index < -0.39 is 11.2 Å². The minimum atomic E-state index is -1.23. The number of aliphatic hydroxyl groups is 2. The van der Waals surface area contributed by atoms with Crippen LogP contribution < -0.4 is 9.64 Å². The number of hydrogen-bond acceptors (Lipinski definition) is 6. The predicted octanol–water partition coefficient (Wildman–Crippen LogP) is 2.61. The van der Waals surface area contributed by atoms with Gasteiger partial charge in [0, 0.05) is 44.5 Å². The van der Waals surface area contributed by atoms with Gasteiger partial charge in [0.15, 0.2) is 0 Å². The molecule has 0 saturated carbocycles. The third kappa shape index (κ3) is 5.98. The van der Waals surface area contributed by atoms with Crippen LogP contribution in [0.1, 0.15) is 18.4 Å². The van der Waals surface area contributed by atoms with E-state index in [0.717, 1.165) is 13.1 Å². The second-order valence-corrected chi connectivity index (χ2v) is 9.28. The number of hydrogen-bond donors (Lipinski definition) is 2. The van der Waals surface area contributed by atoms with Gasteiger partial charge in [0.05, 0.1) is 18.8 Å². The number of aryl methyl sites for hydroxylation is 1.